The van der Waals surface area contributed by atoms with Crippen LogP contribution in [-0.2, 0) is 4.74 Å². The predicted molar refractivity (Wildman–Crippen MR) is 125 cm³/mol. The Balaban J connectivity index is 2.02. The number of aliphatic hydroxyl groups is 4. The normalized spacial score (nSPS) is 23.6. The number of benzene rings is 2. The summed E-state index contributed by atoms with van der Waals surface area (Å²) in [4.78, 5) is 24.3. The Morgan fingerprint density at radius 3 is 2.11 bits per heavy atom. The number of amides is 2. The van der Waals surface area contributed by atoms with Crippen LogP contribution in [-0.4, -0.2) is 84.5 Å². The van der Waals surface area contributed by atoms with E-state index in [0.29, 0.717) is 22.4 Å². The van der Waals surface area contributed by atoms with E-state index in [2.05, 4.69) is 22.5 Å². The Morgan fingerprint density at radius 2 is 1.57 bits per heavy atom. The van der Waals surface area contributed by atoms with Crippen LogP contribution in [0, 0.1) is 11.8 Å². The van der Waals surface area contributed by atoms with Crippen molar-refractivity contribution in [2.24, 2.45) is 0 Å². The molecule has 0 spiro atoms. The fourth-order valence-electron chi connectivity index (χ4n) is 3.77. The lowest BCUT2D eigenvalue weighted by molar-refractivity contribution is -0.231. The largest absolute Gasteiger partial charge is 0.495 e. The molecule has 10 heteroatoms. The molecular weight excluding hydrogens is 456 g/mol. The van der Waals surface area contributed by atoms with Crippen LogP contribution in [0.3, 0.4) is 0 Å². The molecule has 1 saturated heterocycles. The molecule has 0 bridgehead atoms. The first-order chi connectivity index (χ1) is 16.7. The summed E-state index contributed by atoms with van der Waals surface area (Å²) in [6.45, 7) is -0.542. The predicted octanol–water partition coefficient (Wildman–Crippen LogP) is -0.671. The average Bonchev–Trinajstić information content (AvgIpc) is 2.89. The summed E-state index contributed by atoms with van der Waals surface area (Å²) in [6.07, 6.45) is -6.51. The molecule has 0 unspecified atom stereocenters. The van der Waals surface area contributed by atoms with Crippen LogP contribution in [0.2, 0.25) is 0 Å². The third-order valence-electron chi connectivity index (χ3n) is 5.70. The van der Waals surface area contributed by atoms with Crippen molar-refractivity contribution in [1.29, 1.82) is 0 Å². The van der Waals surface area contributed by atoms with E-state index in [1.165, 1.54) is 27.3 Å². The highest BCUT2D eigenvalue weighted by atomic mass is 16.5. The number of rotatable bonds is 5. The van der Waals surface area contributed by atoms with Crippen molar-refractivity contribution in [3.8, 4) is 17.6 Å². The second-order valence-corrected chi connectivity index (χ2v) is 7.92. The lowest BCUT2D eigenvalue weighted by atomic mass is 9.90. The molecule has 2 aromatic rings. The molecule has 0 aliphatic carbocycles. The molecule has 0 saturated carbocycles. The minimum Gasteiger partial charge on any atom is -0.495 e. The van der Waals surface area contributed by atoms with Gasteiger partial charge in [-0.1, -0.05) is 17.9 Å². The fraction of sp³-hybridized carbons (Fsp3) is 0.360. The maximum atomic E-state index is 12.2. The van der Waals surface area contributed by atoms with Gasteiger partial charge in [0.2, 0.25) is 0 Å². The molecule has 6 N–H and O–H groups in total. The minimum atomic E-state index is -1.52. The van der Waals surface area contributed by atoms with Crippen LogP contribution in [0.5, 0.6) is 5.75 Å². The zero-order chi connectivity index (χ0) is 25.7. The number of nitrogens with one attached hydrogen (secondary N) is 2. The topological polar surface area (TPSA) is 158 Å². The van der Waals surface area contributed by atoms with E-state index in [0.717, 1.165) is 0 Å². The van der Waals surface area contributed by atoms with Gasteiger partial charge in [-0.05, 0) is 35.9 Å². The van der Waals surface area contributed by atoms with E-state index in [4.69, 9.17) is 9.47 Å². The average molecular weight is 485 g/mol. The summed E-state index contributed by atoms with van der Waals surface area (Å²) in [5, 5.41) is 45.1. The molecule has 3 rings (SSSR count). The maximum absolute atomic E-state index is 12.2. The van der Waals surface area contributed by atoms with E-state index in [9.17, 15) is 30.0 Å². The summed E-state index contributed by atoms with van der Waals surface area (Å²) in [5.41, 5.74) is 1.79. The molecule has 186 valence electrons. The van der Waals surface area contributed by atoms with Gasteiger partial charge in [-0.3, -0.25) is 9.59 Å². The summed E-state index contributed by atoms with van der Waals surface area (Å²) in [6, 6.07) is 9.38. The quantitative estimate of drug-likeness (QED) is 0.305. The first-order valence-corrected chi connectivity index (χ1v) is 10.8. The number of carbonyl (C=O) groups excluding carboxylic acids is 2. The second kappa shape index (κ2) is 11.3. The van der Waals surface area contributed by atoms with Crippen molar-refractivity contribution in [2.45, 2.75) is 30.5 Å². The van der Waals surface area contributed by atoms with Gasteiger partial charge in [-0.15, -0.1) is 0 Å². The van der Waals surface area contributed by atoms with Crippen molar-refractivity contribution < 1.29 is 39.5 Å². The zero-order valence-corrected chi connectivity index (χ0v) is 19.5. The smallest absolute Gasteiger partial charge is 0.251 e. The number of ether oxygens (including phenoxy) is 2. The molecule has 0 aromatic heterocycles. The van der Waals surface area contributed by atoms with Gasteiger partial charge in [0.25, 0.3) is 11.8 Å². The summed E-state index contributed by atoms with van der Waals surface area (Å²) in [7, 11) is 4.43. The van der Waals surface area contributed by atoms with Crippen LogP contribution in [0.25, 0.3) is 0 Å². The molecule has 0 radical (unpaired) electrons. The van der Waals surface area contributed by atoms with Crippen LogP contribution in [0.4, 0.5) is 0 Å². The molecule has 1 aliphatic rings. The summed E-state index contributed by atoms with van der Waals surface area (Å²) < 4.78 is 11.0. The van der Waals surface area contributed by atoms with Crippen LogP contribution < -0.4 is 15.4 Å². The van der Waals surface area contributed by atoms with Crippen LogP contribution in [0.1, 0.15) is 43.5 Å². The van der Waals surface area contributed by atoms with Crippen molar-refractivity contribution >= 4 is 11.8 Å². The standard InChI is InChI=1S/C25H28N2O8/c1-26-24(32)16-8-13(9-17(11-16)25(33)27-2)4-5-14-10-15(6-7-18(14)34-3)23-22(31)21(30)20(29)19(12-28)35-23/h6-11,19-23,28-31H,12H2,1-3H3,(H,26,32)(H,27,33)/t19-,20-,21+,22+,23-/m1/s1. The Morgan fingerprint density at radius 1 is 0.943 bits per heavy atom. The molecule has 35 heavy (non-hydrogen) atoms. The van der Waals surface area contributed by atoms with E-state index in [1.54, 1.807) is 30.3 Å². The van der Waals surface area contributed by atoms with E-state index in [-0.39, 0.29) is 22.9 Å². The number of carbonyl (C=O) groups is 2. The third-order valence-corrected chi connectivity index (χ3v) is 5.70. The summed E-state index contributed by atoms with van der Waals surface area (Å²) in [5.74, 6) is 5.55. The third kappa shape index (κ3) is 5.62. The molecule has 10 nitrogen and oxygen atoms in total. The summed E-state index contributed by atoms with van der Waals surface area (Å²) >= 11 is 0. The fourth-order valence-corrected chi connectivity index (χ4v) is 3.77. The van der Waals surface area contributed by atoms with E-state index < -0.39 is 37.1 Å². The van der Waals surface area contributed by atoms with Gasteiger partial charge in [0.15, 0.2) is 0 Å². The van der Waals surface area contributed by atoms with Crippen LogP contribution >= 0.6 is 0 Å². The van der Waals surface area contributed by atoms with Gasteiger partial charge >= 0.3 is 0 Å². The van der Waals surface area contributed by atoms with Gasteiger partial charge in [0.05, 0.1) is 19.3 Å². The highest BCUT2D eigenvalue weighted by molar-refractivity contribution is 6.00. The van der Waals surface area contributed by atoms with Crippen molar-refractivity contribution in [3.63, 3.8) is 0 Å². The monoisotopic (exact) mass is 484 g/mol. The Labute approximate surface area is 202 Å². The highest BCUT2D eigenvalue weighted by Crippen LogP contribution is 2.34. The van der Waals surface area contributed by atoms with Gasteiger partial charge in [-0.2, -0.15) is 0 Å². The Bertz CT molecular complexity index is 1120. The van der Waals surface area contributed by atoms with Crippen molar-refractivity contribution in [2.75, 3.05) is 27.8 Å². The number of hydrogen-bond donors (Lipinski definition) is 6. The van der Waals surface area contributed by atoms with E-state index >= 15 is 0 Å². The molecule has 2 amide bonds. The van der Waals surface area contributed by atoms with Gasteiger partial charge in [-0.25, -0.2) is 0 Å². The first kappa shape index (κ1) is 26.2. The minimum absolute atomic E-state index is 0.264. The lowest BCUT2D eigenvalue weighted by Crippen LogP contribution is -2.55. The molecule has 2 aromatic carbocycles. The van der Waals surface area contributed by atoms with Crippen molar-refractivity contribution in [3.05, 3.63) is 64.2 Å². The van der Waals surface area contributed by atoms with E-state index in [1.807, 2.05) is 0 Å². The number of methoxy groups -OCH3 is 1. The highest BCUT2D eigenvalue weighted by Gasteiger charge is 2.44. The van der Waals surface area contributed by atoms with Gasteiger partial charge in [0.1, 0.15) is 36.3 Å². The SMILES string of the molecule is CNC(=O)c1cc(C#Cc2cc([C@H]3O[C@H](CO)[C@@H](O)[C@H](O)[C@@H]3O)ccc2OC)cc(C(=O)NC)c1. The van der Waals surface area contributed by atoms with Crippen LogP contribution in [0.15, 0.2) is 36.4 Å². The van der Waals surface area contributed by atoms with Gasteiger partial charge in [0, 0.05) is 30.8 Å². The van der Waals surface area contributed by atoms with Crippen molar-refractivity contribution in [1.82, 2.24) is 10.6 Å². The number of aliphatic hydroxyl groups excluding tert-OH is 4. The molecular formula is C25H28N2O8. The van der Waals surface area contributed by atoms with Gasteiger partial charge < -0.3 is 40.5 Å². The Hall–Kier alpha value is -3.46. The zero-order valence-electron chi connectivity index (χ0n) is 19.5. The Kier molecular flexibility index (Phi) is 8.45. The molecule has 1 heterocycles. The maximum Gasteiger partial charge on any atom is 0.251 e. The first-order valence-electron chi connectivity index (χ1n) is 10.8. The lowest BCUT2D eigenvalue weighted by Gasteiger charge is -2.40. The molecule has 5 atom stereocenters. The molecule has 1 aliphatic heterocycles. The molecule has 1 fully saturated rings. The number of hydrogen-bond acceptors (Lipinski definition) is 8. The second-order valence-electron chi connectivity index (χ2n) is 7.92.